The number of hydrogen-bond donors (Lipinski definition) is 2. The second-order valence-corrected chi connectivity index (χ2v) is 7.76. The van der Waals surface area contributed by atoms with Crippen LogP contribution in [0.2, 0.25) is 0 Å². The van der Waals surface area contributed by atoms with Crippen molar-refractivity contribution in [3.8, 4) is 0 Å². The van der Waals surface area contributed by atoms with E-state index in [0.29, 0.717) is 24.3 Å². The van der Waals surface area contributed by atoms with Gasteiger partial charge in [0.05, 0.1) is 0 Å². The second kappa shape index (κ2) is 6.93. The number of rotatable bonds is 3. The van der Waals surface area contributed by atoms with E-state index in [9.17, 15) is 17.6 Å². The van der Waals surface area contributed by atoms with Crippen LogP contribution in [-0.4, -0.2) is 38.4 Å². The molecule has 2 rings (SSSR count). The number of anilines is 1. The van der Waals surface area contributed by atoms with Gasteiger partial charge < -0.3 is 10.6 Å². The summed E-state index contributed by atoms with van der Waals surface area (Å²) in [6.07, 6.45) is 1.56. The van der Waals surface area contributed by atoms with Crippen LogP contribution in [-0.2, 0) is 14.6 Å². The highest BCUT2D eigenvalue weighted by Gasteiger charge is 2.48. The van der Waals surface area contributed by atoms with E-state index in [1.54, 1.807) is 6.92 Å². The van der Waals surface area contributed by atoms with Crippen LogP contribution in [0.25, 0.3) is 0 Å². The Bertz CT molecular complexity index is 658. The number of aryl methyl sites for hydroxylation is 1. The third kappa shape index (κ3) is 3.59. The molecule has 0 aliphatic carbocycles. The summed E-state index contributed by atoms with van der Waals surface area (Å²) < 4.78 is 35.9. The molecule has 5 nitrogen and oxygen atoms in total. The molecule has 0 spiro atoms. The molecule has 1 aliphatic rings. The Labute approximate surface area is 136 Å². The van der Waals surface area contributed by atoms with E-state index in [4.69, 9.17) is 0 Å². The average Bonchev–Trinajstić information content (AvgIpc) is 2.41. The van der Waals surface area contributed by atoms with Gasteiger partial charge in [0.15, 0.2) is 14.6 Å². The zero-order valence-electron chi connectivity index (χ0n) is 12.5. The number of hydrogen-bond acceptors (Lipinski definition) is 4. The van der Waals surface area contributed by atoms with Crippen LogP contribution in [0.3, 0.4) is 0 Å². The maximum absolute atomic E-state index is 13.1. The van der Waals surface area contributed by atoms with Crippen LogP contribution in [0.15, 0.2) is 18.2 Å². The molecular formula is C14H20ClFN2O3S. The lowest BCUT2D eigenvalue weighted by molar-refractivity contribution is -0.119. The predicted molar refractivity (Wildman–Crippen MR) is 86.7 cm³/mol. The average molecular weight is 351 g/mol. The zero-order valence-corrected chi connectivity index (χ0v) is 14.1. The largest absolute Gasteiger partial charge is 0.324 e. The summed E-state index contributed by atoms with van der Waals surface area (Å²) in [4.78, 5) is 12.6. The molecule has 124 valence electrons. The minimum absolute atomic E-state index is 0. The van der Waals surface area contributed by atoms with Crippen molar-refractivity contribution < 1.29 is 17.6 Å². The first-order valence-corrected chi connectivity index (χ1v) is 8.63. The molecule has 1 amide bonds. The highest BCUT2D eigenvalue weighted by atomic mass is 35.5. The molecule has 0 unspecified atom stereocenters. The molecule has 1 aliphatic heterocycles. The molecule has 0 radical (unpaired) electrons. The molecule has 1 aromatic carbocycles. The van der Waals surface area contributed by atoms with Gasteiger partial charge in [0.1, 0.15) is 5.82 Å². The standard InChI is InChI=1S/C14H19FN2O3S.ClH/c1-10-9-11(15)3-4-12(10)17-13(18)14(21(2,19)20)5-7-16-8-6-14;/h3-4,9,16H,5-8H2,1-2H3,(H,17,18);1H. The number of halogens is 2. The second-order valence-electron chi connectivity index (χ2n) is 5.43. The molecule has 1 fully saturated rings. The Morgan fingerprint density at radius 3 is 2.41 bits per heavy atom. The Kier molecular flexibility index (Phi) is 5.95. The summed E-state index contributed by atoms with van der Waals surface area (Å²) in [7, 11) is -3.55. The number of amides is 1. The highest BCUT2D eigenvalue weighted by Crippen LogP contribution is 2.30. The SMILES string of the molecule is Cc1cc(F)ccc1NC(=O)C1(S(C)(=O)=O)CCNCC1.Cl. The van der Waals surface area contributed by atoms with E-state index in [1.165, 1.54) is 18.2 Å². The van der Waals surface area contributed by atoms with Crippen molar-refractivity contribution >= 4 is 33.8 Å². The zero-order chi connectivity index (χ0) is 15.7. The highest BCUT2D eigenvalue weighted by molar-refractivity contribution is 7.92. The van der Waals surface area contributed by atoms with Gasteiger partial charge in [-0.15, -0.1) is 12.4 Å². The van der Waals surface area contributed by atoms with Crippen LogP contribution in [0.5, 0.6) is 0 Å². The number of sulfone groups is 1. The molecule has 0 saturated carbocycles. The summed E-state index contributed by atoms with van der Waals surface area (Å²) in [5.74, 6) is -0.939. The molecular weight excluding hydrogens is 331 g/mol. The molecule has 8 heteroatoms. The predicted octanol–water partition coefficient (Wildman–Crippen LogP) is 1.66. The van der Waals surface area contributed by atoms with E-state index in [1.807, 2.05) is 0 Å². The van der Waals surface area contributed by atoms with Crippen LogP contribution in [0.1, 0.15) is 18.4 Å². The van der Waals surface area contributed by atoms with Crippen molar-refractivity contribution in [2.75, 3.05) is 24.7 Å². The summed E-state index contributed by atoms with van der Waals surface area (Å²) >= 11 is 0. The maximum Gasteiger partial charge on any atom is 0.245 e. The van der Waals surface area contributed by atoms with E-state index in [-0.39, 0.29) is 25.2 Å². The van der Waals surface area contributed by atoms with Crippen LogP contribution in [0.4, 0.5) is 10.1 Å². The number of piperidine rings is 1. The van der Waals surface area contributed by atoms with Gasteiger partial charge in [-0.05, 0) is 56.6 Å². The quantitative estimate of drug-likeness (QED) is 0.869. The Morgan fingerprint density at radius 2 is 1.91 bits per heavy atom. The van der Waals surface area contributed by atoms with Gasteiger partial charge in [-0.25, -0.2) is 12.8 Å². The van der Waals surface area contributed by atoms with Crippen LogP contribution in [0, 0.1) is 12.7 Å². The molecule has 0 bridgehead atoms. The molecule has 2 N–H and O–H groups in total. The minimum atomic E-state index is -3.55. The number of nitrogens with one attached hydrogen (secondary N) is 2. The number of benzene rings is 1. The lowest BCUT2D eigenvalue weighted by atomic mass is 9.95. The molecule has 0 atom stereocenters. The van der Waals surface area contributed by atoms with Gasteiger partial charge in [-0.3, -0.25) is 4.79 Å². The van der Waals surface area contributed by atoms with Gasteiger partial charge >= 0.3 is 0 Å². The minimum Gasteiger partial charge on any atom is -0.324 e. The Balaban J connectivity index is 0.00000242. The van der Waals surface area contributed by atoms with Crippen molar-refractivity contribution in [3.05, 3.63) is 29.6 Å². The Morgan fingerprint density at radius 1 is 1.32 bits per heavy atom. The van der Waals surface area contributed by atoms with Gasteiger partial charge in [0.2, 0.25) is 5.91 Å². The van der Waals surface area contributed by atoms with Crippen molar-refractivity contribution in [2.24, 2.45) is 0 Å². The van der Waals surface area contributed by atoms with E-state index < -0.39 is 26.3 Å². The summed E-state index contributed by atoms with van der Waals surface area (Å²) in [5.41, 5.74) is 0.990. The lowest BCUT2D eigenvalue weighted by Gasteiger charge is -2.34. The van der Waals surface area contributed by atoms with Crippen molar-refractivity contribution in [2.45, 2.75) is 24.5 Å². The van der Waals surface area contributed by atoms with E-state index >= 15 is 0 Å². The molecule has 1 heterocycles. The first-order chi connectivity index (χ1) is 9.76. The third-order valence-electron chi connectivity index (χ3n) is 3.97. The summed E-state index contributed by atoms with van der Waals surface area (Å²) in [6.45, 7) is 2.61. The Hall–Kier alpha value is -1.18. The van der Waals surface area contributed by atoms with Gasteiger partial charge in [-0.2, -0.15) is 0 Å². The van der Waals surface area contributed by atoms with Crippen molar-refractivity contribution in [1.82, 2.24) is 5.32 Å². The fourth-order valence-corrected chi connectivity index (χ4v) is 3.93. The molecule has 1 aromatic rings. The normalized spacial score (nSPS) is 17.4. The molecule has 1 saturated heterocycles. The topological polar surface area (TPSA) is 75.3 Å². The van der Waals surface area contributed by atoms with Crippen LogP contribution >= 0.6 is 12.4 Å². The van der Waals surface area contributed by atoms with Gasteiger partial charge in [0, 0.05) is 11.9 Å². The molecule has 0 aromatic heterocycles. The fraction of sp³-hybridized carbons (Fsp3) is 0.500. The molecule has 22 heavy (non-hydrogen) atoms. The number of carbonyl (C=O) groups is 1. The smallest absolute Gasteiger partial charge is 0.245 e. The lowest BCUT2D eigenvalue weighted by Crippen LogP contribution is -2.55. The summed E-state index contributed by atoms with van der Waals surface area (Å²) in [5, 5.41) is 5.70. The summed E-state index contributed by atoms with van der Waals surface area (Å²) in [6, 6.07) is 3.98. The first-order valence-electron chi connectivity index (χ1n) is 6.74. The van der Waals surface area contributed by atoms with Gasteiger partial charge in [-0.1, -0.05) is 0 Å². The van der Waals surface area contributed by atoms with E-state index in [2.05, 4.69) is 10.6 Å². The van der Waals surface area contributed by atoms with Crippen molar-refractivity contribution in [3.63, 3.8) is 0 Å². The van der Waals surface area contributed by atoms with Gasteiger partial charge in [0.25, 0.3) is 0 Å². The monoisotopic (exact) mass is 350 g/mol. The van der Waals surface area contributed by atoms with Crippen molar-refractivity contribution in [1.29, 1.82) is 0 Å². The fourth-order valence-electron chi connectivity index (χ4n) is 2.60. The van der Waals surface area contributed by atoms with Crippen LogP contribution < -0.4 is 10.6 Å². The van der Waals surface area contributed by atoms with E-state index in [0.717, 1.165) is 6.26 Å². The maximum atomic E-state index is 13.1. The third-order valence-corrected chi connectivity index (χ3v) is 5.98. The first kappa shape index (κ1) is 18.9. The number of carbonyl (C=O) groups excluding carboxylic acids is 1.